The Balaban J connectivity index is 2.74. The van der Waals surface area contributed by atoms with Crippen LogP contribution in [-0.4, -0.2) is 11.4 Å². The molecule has 0 fully saturated rings. The van der Waals surface area contributed by atoms with Crippen molar-refractivity contribution >= 4 is 17.5 Å². The average Bonchev–Trinajstić information content (AvgIpc) is 2.15. The Kier molecular flexibility index (Phi) is 3.94. The first-order valence-electron chi connectivity index (χ1n) is 5.13. The van der Waals surface area contributed by atoms with Gasteiger partial charge >= 0.3 is 0 Å². The summed E-state index contributed by atoms with van der Waals surface area (Å²) in [6, 6.07) is 6.31. The Morgan fingerprint density at radius 2 is 1.81 bits per heavy atom. The van der Waals surface area contributed by atoms with E-state index in [1.807, 2.05) is 20.8 Å². The molecule has 16 heavy (non-hydrogen) atoms. The van der Waals surface area contributed by atoms with Crippen LogP contribution >= 0.6 is 11.6 Å². The fraction of sp³-hybridized carbons (Fsp3) is 0.417. The van der Waals surface area contributed by atoms with E-state index in [4.69, 9.17) is 17.3 Å². The lowest BCUT2D eigenvalue weighted by atomic mass is 10.0. The number of hydrogen-bond acceptors (Lipinski definition) is 2. The molecule has 0 aliphatic rings. The van der Waals surface area contributed by atoms with Crippen LogP contribution in [0.4, 0.5) is 0 Å². The number of rotatable bonds is 2. The van der Waals surface area contributed by atoms with Gasteiger partial charge in [0.05, 0.1) is 0 Å². The number of nitrogens with two attached hydrogens (primary N) is 1. The molecule has 88 valence electrons. The molecule has 1 aromatic carbocycles. The molecule has 0 radical (unpaired) electrons. The standard InChI is InChI=1S/C12H17ClN2O/c1-12(2,3)15-11(16)10(14)8-4-6-9(13)7-5-8/h4-7,10H,14H2,1-3H3,(H,15,16)/t10-/m0/s1. The van der Waals surface area contributed by atoms with E-state index >= 15 is 0 Å². The lowest BCUT2D eigenvalue weighted by Crippen LogP contribution is -2.45. The number of carbonyl (C=O) groups excluding carboxylic acids is 1. The molecule has 0 aliphatic carbocycles. The van der Waals surface area contributed by atoms with Crippen molar-refractivity contribution in [1.82, 2.24) is 5.32 Å². The van der Waals surface area contributed by atoms with E-state index < -0.39 is 6.04 Å². The summed E-state index contributed by atoms with van der Waals surface area (Å²) in [5.74, 6) is -0.185. The van der Waals surface area contributed by atoms with Gasteiger partial charge in [-0.15, -0.1) is 0 Å². The summed E-state index contributed by atoms with van der Waals surface area (Å²) in [6.45, 7) is 5.75. The van der Waals surface area contributed by atoms with Gasteiger partial charge in [0.1, 0.15) is 6.04 Å². The highest BCUT2D eigenvalue weighted by Crippen LogP contribution is 2.15. The minimum Gasteiger partial charge on any atom is -0.350 e. The smallest absolute Gasteiger partial charge is 0.241 e. The second-order valence-electron chi connectivity index (χ2n) is 4.77. The second-order valence-corrected chi connectivity index (χ2v) is 5.20. The number of carbonyl (C=O) groups is 1. The van der Waals surface area contributed by atoms with Crippen LogP contribution in [0.25, 0.3) is 0 Å². The molecule has 0 heterocycles. The van der Waals surface area contributed by atoms with E-state index in [1.165, 1.54) is 0 Å². The quantitative estimate of drug-likeness (QED) is 0.833. The largest absolute Gasteiger partial charge is 0.350 e. The third-order valence-electron chi connectivity index (χ3n) is 2.01. The van der Waals surface area contributed by atoms with Gasteiger partial charge in [0, 0.05) is 10.6 Å². The van der Waals surface area contributed by atoms with Gasteiger partial charge in [-0.25, -0.2) is 0 Å². The first kappa shape index (κ1) is 13.0. The molecule has 1 atom stereocenters. The van der Waals surface area contributed by atoms with E-state index in [1.54, 1.807) is 24.3 Å². The van der Waals surface area contributed by atoms with Gasteiger partial charge < -0.3 is 11.1 Å². The Bertz CT molecular complexity index is 368. The average molecular weight is 241 g/mol. The molecule has 1 amide bonds. The zero-order valence-corrected chi connectivity index (χ0v) is 10.5. The summed E-state index contributed by atoms with van der Waals surface area (Å²) in [7, 11) is 0. The molecule has 0 saturated carbocycles. The maximum Gasteiger partial charge on any atom is 0.241 e. The Morgan fingerprint density at radius 3 is 2.25 bits per heavy atom. The number of amides is 1. The maximum absolute atomic E-state index is 11.8. The van der Waals surface area contributed by atoms with Crippen LogP contribution in [0, 0.1) is 0 Å². The summed E-state index contributed by atoms with van der Waals surface area (Å²) in [5, 5.41) is 3.47. The third-order valence-corrected chi connectivity index (χ3v) is 2.26. The molecule has 0 unspecified atom stereocenters. The summed E-state index contributed by atoms with van der Waals surface area (Å²) in [4.78, 5) is 11.8. The summed E-state index contributed by atoms with van der Waals surface area (Å²) in [5.41, 5.74) is 6.32. The third kappa shape index (κ3) is 3.83. The Morgan fingerprint density at radius 1 is 1.31 bits per heavy atom. The molecular formula is C12H17ClN2O. The molecule has 3 N–H and O–H groups in total. The van der Waals surface area contributed by atoms with Crippen LogP contribution in [0.5, 0.6) is 0 Å². The molecular weight excluding hydrogens is 224 g/mol. The predicted octanol–water partition coefficient (Wildman–Crippen LogP) is 2.25. The first-order chi connectivity index (χ1) is 7.29. The highest BCUT2D eigenvalue weighted by Gasteiger charge is 2.20. The molecule has 0 bridgehead atoms. The topological polar surface area (TPSA) is 55.1 Å². The van der Waals surface area contributed by atoms with Gasteiger partial charge in [-0.3, -0.25) is 4.79 Å². The van der Waals surface area contributed by atoms with Crippen molar-refractivity contribution in [2.75, 3.05) is 0 Å². The second kappa shape index (κ2) is 4.85. The van der Waals surface area contributed by atoms with Crippen molar-refractivity contribution in [1.29, 1.82) is 0 Å². The fourth-order valence-corrected chi connectivity index (χ4v) is 1.39. The minimum absolute atomic E-state index is 0.185. The fourth-order valence-electron chi connectivity index (χ4n) is 1.27. The zero-order chi connectivity index (χ0) is 12.3. The molecule has 1 aromatic rings. The molecule has 0 aromatic heterocycles. The maximum atomic E-state index is 11.8. The van der Waals surface area contributed by atoms with E-state index in [0.717, 1.165) is 5.56 Å². The van der Waals surface area contributed by atoms with Gasteiger partial charge in [0.15, 0.2) is 0 Å². The first-order valence-corrected chi connectivity index (χ1v) is 5.50. The van der Waals surface area contributed by atoms with Crippen molar-refractivity contribution in [3.63, 3.8) is 0 Å². The van der Waals surface area contributed by atoms with Crippen LogP contribution < -0.4 is 11.1 Å². The summed E-state index contributed by atoms with van der Waals surface area (Å²) < 4.78 is 0. The van der Waals surface area contributed by atoms with Gasteiger partial charge in [-0.2, -0.15) is 0 Å². The highest BCUT2D eigenvalue weighted by molar-refractivity contribution is 6.30. The van der Waals surface area contributed by atoms with Crippen LogP contribution in [-0.2, 0) is 4.79 Å². The lowest BCUT2D eigenvalue weighted by molar-refractivity contribution is -0.123. The monoisotopic (exact) mass is 240 g/mol. The van der Waals surface area contributed by atoms with Gasteiger partial charge in [0.2, 0.25) is 5.91 Å². The highest BCUT2D eigenvalue weighted by atomic mass is 35.5. The van der Waals surface area contributed by atoms with Crippen molar-refractivity contribution < 1.29 is 4.79 Å². The van der Waals surface area contributed by atoms with Crippen LogP contribution in [0.1, 0.15) is 32.4 Å². The Hall–Kier alpha value is -1.06. The van der Waals surface area contributed by atoms with Gasteiger partial charge in [-0.05, 0) is 38.5 Å². The van der Waals surface area contributed by atoms with Crippen molar-refractivity contribution in [3.8, 4) is 0 Å². The van der Waals surface area contributed by atoms with E-state index in [0.29, 0.717) is 5.02 Å². The molecule has 1 rings (SSSR count). The molecule has 4 heteroatoms. The number of nitrogens with one attached hydrogen (secondary N) is 1. The normalized spacial score (nSPS) is 13.3. The summed E-state index contributed by atoms with van der Waals surface area (Å²) in [6.07, 6.45) is 0. The minimum atomic E-state index is -0.656. The number of benzene rings is 1. The predicted molar refractivity (Wildman–Crippen MR) is 66.3 cm³/mol. The SMILES string of the molecule is CC(C)(C)NC(=O)[C@@H](N)c1ccc(Cl)cc1. The number of halogens is 1. The molecule has 3 nitrogen and oxygen atoms in total. The zero-order valence-electron chi connectivity index (χ0n) is 9.75. The molecule has 0 saturated heterocycles. The summed E-state index contributed by atoms with van der Waals surface area (Å²) >= 11 is 5.76. The van der Waals surface area contributed by atoms with Crippen molar-refractivity contribution in [2.24, 2.45) is 5.73 Å². The van der Waals surface area contributed by atoms with Crippen molar-refractivity contribution in [3.05, 3.63) is 34.9 Å². The van der Waals surface area contributed by atoms with Crippen LogP contribution in [0.2, 0.25) is 5.02 Å². The Labute approximate surface area is 101 Å². The number of hydrogen-bond donors (Lipinski definition) is 2. The van der Waals surface area contributed by atoms with E-state index in [2.05, 4.69) is 5.32 Å². The molecule has 0 aliphatic heterocycles. The van der Waals surface area contributed by atoms with Crippen LogP contribution in [0.3, 0.4) is 0 Å². The molecule has 0 spiro atoms. The van der Waals surface area contributed by atoms with E-state index in [-0.39, 0.29) is 11.4 Å². The van der Waals surface area contributed by atoms with Gasteiger partial charge in [0.25, 0.3) is 0 Å². The van der Waals surface area contributed by atoms with Crippen molar-refractivity contribution in [2.45, 2.75) is 32.4 Å². The van der Waals surface area contributed by atoms with Crippen LogP contribution in [0.15, 0.2) is 24.3 Å². The lowest BCUT2D eigenvalue weighted by Gasteiger charge is -2.23. The van der Waals surface area contributed by atoms with Gasteiger partial charge in [-0.1, -0.05) is 23.7 Å². The van der Waals surface area contributed by atoms with E-state index in [9.17, 15) is 4.79 Å².